The van der Waals surface area contributed by atoms with E-state index in [0.717, 1.165) is 12.0 Å². The van der Waals surface area contributed by atoms with E-state index in [1.807, 2.05) is 19.9 Å². The normalized spacial score (nSPS) is 10.2. The average Bonchev–Trinajstić information content (AvgIpc) is 2.32. The molecule has 1 aromatic heterocycles. The Morgan fingerprint density at radius 1 is 1.56 bits per heavy atom. The second kappa shape index (κ2) is 7.40. The van der Waals surface area contributed by atoms with Crippen molar-refractivity contribution in [2.45, 2.75) is 20.3 Å². The number of aryl methyl sites for hydroxylation is 1. The van der Waals surface area contributed by atoms with Gasteiger partial charge in [0.05, 0.1) is 5.69 Å². The van der Waals surface area contributed by atoms with Crippen LogP contribution >= 0.6 is 0 Å². The number of hydrogen-bond donors (Lipinski definition) is 1. The molecule has 0 atom stereocenters. The van der Waals surface area contributed by atoms with Gasteiger partial charge in [0.25, 0.3) is 5.56 Å². The lowest BCUT2D eigenvalue weighted by atomic mass is 10.1. The summed E-state index contributed by atoms with van der Waals surface area (Å²) in [5.41, 5.74) is 1.45. The zero-order chi connectivity index (χ0) is 12.6. The van der Waals surface area contributed by atoms with Gasteiger partial charge in [0.2, 0.25) is 0 Å². The molecule has 0 radical (unpaired) electrons. The Hall–Kier alpha value is -1.90. The Morgan fingerprint density at radius 3 is 2.62 bits per heavy atom. The fourth-order valence-electron chi connectivity index (χ4n) is 1.19. The lowest BCUT2D eigenvalue weighted by Crippen LogP contribution is -2.11. The van der Waals surface area contributed by atoms with Gasteiger partial charge in [-0.3, -0.25) is 4.79 Å². The Labute approximate surface area is 96.3 Å². The third-order valence-electron chi connectivity index (χ3n) is 1.95. The number of aromatic nitrogens is 2. The summed E-state index contributed by atoms with van der Waals surface area (Å²) in [6, 6.07) is 1.48. The van der Waals surface area contributed by atoms with E-state index in [0.29, 0.717) is 11.5 Å². The number of H-pyrrole nitrogens is 1. The maximum absolute atomic E-state index is 11.2. The van der Waals surface area contributed by atoms with Crippen LogP contribution in [0.4, 0.5) is 0 Å². The number of hydrogen-bond acceptors (Lipinski definition) is 2. The molecule has 0 aromatic carbocycles. The van der Waals surface area contributed by atoms with Crippen LogP contribution in [0.5, 0.6) is 0 Å². The van der Waals surface area contributed by atoms with Gasteiger partial charge in [-0.25, -0.2) is 4.98 Å². The van der Waals surface area contributed by atoms with Gasteiger partial charge in [-0.15, -0.1) is 13.2 Å². The van der Waals surface area contributed by atoms with Gasteiger partial charge in [-0.1, -0.05) is 25.7 Å². The van der Waals surface area contributed by atoms with E-state index in [9.17, 15) is 4.79 Å². The van der Waals surface area contributed by atoms with Crippen LogP contribution in [-0.2, 0) is 6.42 Å². The molecule has 0 bridgehead atoms. The van der Waals surface area contributed by atoms with E-state index < -0.39 is 0 Å². The molecule has 0 unspecified atom stereocenters. The average molecular weight is 218 g/mol. The van der Waals surface area contributed by atoms with E-state index in [4.69, 9.17) is 0 Å². The van der Waals surface area contributed by atoms with Gasteiger partial charge in [0, 0.05) is 12.5 Å². The fourth-order valence-corrected chi connectivity index (χ4v) is 1.19. The zero-order valence-electron chi connectivity index (χ0n) is 9.92. The monoisotopic (exact) mass is 218 g/mol. The van der Waals surface area contributed by atoms with Crippen LogP contribution in [0.1, 0.15) is 25.4 Å². The molecule has 1 rings (SSSR count). The number of rotatable bonds is 3. The smallest absolute Gasteiger partial charge is 0.251 e. The summed E-state index contributed by atoms with van der Waals surface area (Å²) < 4.78 is 0. The molecule has 86 valence electrons. The lowest BCUT2D eigenvalue weighted by molar-refractivity contribution is 0.912. The highest BCUT2D eigenvalue weighted by Gasteiger charge is 2.01. The highest BCUT2D eigenvalue weighted by molar-refractivity contribution is 5.70. The Bertz CT molecular complexity index is 430. The summed E-state index contributed by atoms with van der Waals surface area (Å²) in [5.74, 6) is 0.703. The van der Waals surface area contributed by atoms with Gasteiger partial charge < -0.3 is 4.98 Å². The minimum atomic E-state index is -0.118. The van der Waals surface area contributed by atoms with Crippen LogP contribution in [0, 0.1) is 0 Å². The van der Waals surface area contributed by atoms with Gasteiger partial charge in [-0.2, -0.15) is 0 Å². The van der Waals surface area contributed by atoms with Crippen LogP contribution < -0.4 is 5.56 Å². The second-order valence-corrected chi connectivity index (χ2v) is 2.88. The van der Waals surface area contributed by atoms with Gasteiger partial charge >= 0.3 is 0 Å². The molecule has 0 aliphatic carbocycles. The first kappa shape index (κ1) is 14.1. The Balaban J connectivity index is 0.00000106. The number of allylic oxidation sites excluding steroid dienone is 3. The Kier molecular flexibility index (Phi) is 6.52. The molecular weight excluding hydrogens is 200 g/mol. The largest absolute Gasteiger partial charge is 0.311 e. The van der Waals surface area contributed by atoms with Crippen LogP contribution in [0.25, 0.3) is 5.57 Å². The molecule has 0 aliphatic heterocycles. The molecule has 0 fully saturated rings. The molecule has 1 N–H and O–H groups in total. The van der Waals surface area contributed by atoms with Crippen molar-refractivity contribution in [2.24, 2.45) is 0 Å². The van der Waals surface area contributed by atoms with Crippen molar-refractivity contribution in [1.82, 2.24) is 9.97 Å². The fraction of sp³-hybridized carbons (Fsp3) is 0.231. The summed E-state index contributed by atoms with van der Waals surface area (Å²) in [6.45, 7) is 13.5. The van der Waals surface area contributed by atoms with Crippen molar-refractivity contribution < 1.29 is 0 Å². The third-order valence-corrected chi connectivity index (χ3v) is 1.95. The van der Waals surface area contributed by atoms with Crippen molar-refractivity contribution in [3.63, 3.8) is 0 Å². The number of nitrogens with one attached hydrogen (secondary N) is 1. The first-order valence-corrected chi connectivity index (χ1v) is 5.10. The quantitative estimate of drug-likeness (QED) is 0.626. The van der Waals surface area contributed by atoms with E-state index >= 15 is 0 Å². The van der Waals surface area contributed by atoms with Crippen LogP contribution in [0.15, 0.2) is 42.7 Å². The van der Waals surface area contributed by atoms with E-state index in [1.54, 1.807) is 6.08 Å². The summed E-state index contributed by atoms with van der Waals surface area (Å²) >= 11 is 0. The minimum absolute atomic E-state index is 0.118. The summed E-state index contributed by atoms with van der Waals surface area (Å²) in [7, 11) is 0. The topological polar surface area (TPSA) is 45.8 Å². The van der Waals surface area contributed by atoms with Gasteiger partial charge in [-0.05, 0) is 12.5 Å². The molecule has 0 saturated heterocycles. The maximum Gasteiger partial charge on any atom is 0.251 e. The first-order valence-electron chi connectivity index (χ1n) is 5.10. The van der Waals surface area contributed by atoms with Crippen molar-refractivity contribution >= 4 is 5.57 Å². The molecule has 1 aromatic rings. The zero-order valence-corrected chi connectivity index (χ0v) is 9.92. The molecule has 0 amide bonds. The molecule has 0 aliphatic rings. The van der Waals surface area contributed by atoms with E-state index in [1.165, 1.54) is 6.07 Å². The van der Waals surface area contributed by atoms with Crippen molar-refractivity contribution in [3.8, 4) is 0 Å². The van der Waals surface area contributed by atoms with E-state index in [-0.39, 0.29) is 5.56 Å². The summed E-state index contributed by atoms with van der Waals surface area (Å²) in [5, 5.41) is 0. The molecule has 3 heteroatoms. The van der Waals surface area contributed by atoms with E-state index in [2.05, 4.69) is 29.7 Å². The molecule has 16 heavy (non-hydrogen) atoms. The standard InChI is InChI=1S/C11H14N2O.C2H4/c1-4-8(5-2)9-7-11(14)13-10(6-3)12-9;1-2/h4-5,7H,1,6H2,2-3H3,(H,12,13,14);1-2H2/b8-5+;. The van der Waals surface area contributed by atoms with Crippen molar-refractivity contribution in [1.29, 1.82) is 0 Å². The molecular formula is C13H18N2O. The summed E-state index contributed by atoms with van der Waals surface area (Å²) in [4.78, 5) is 18.2. The van der Waals surface area contributed by atoms with Crippen LogP contribution in [0.3, 0.4) is 0 Å². The number of aromatic amines is 1. The highest BCUT2D eigenvalue weighted by Crippen LogP contribution is 2.10. The minimum Gasteiger partial charge on any atom is -0.311 e. The molecule has 1 heterocycles. The number of nitrogens with zero attached hydrogens (tertiary/aromatic N) is 1. The van der Waals surface area contributed by atoms with Crippen molar-refractivity contribution in [3.05, 3.63) is 59.8 Å². The first-order chi connectivity index (χ1) is 7.71. The van der Waals surface area contributed by atoms with Crippen LogP contribution in [-0.4, -0.2) is 9.97 Å². The van der Waals surface area contributed by atoms with Crippen LogP contribution in [0.2, 0.25) is 0 Å². The Morgan fingerprint density at radius 2 is 2.19 bits per heavy atom. The van der Waals surface area contributed by atoms with Gasteiger partial charge in [0.1, 0.15) is 5.82 Å². The SMILES string of the molecule is C=C.C=C/C(=C\C)c1cc(=O)[nH]c(CC)n1. The predicted molar refractivity (Wildman–Crippen MR) is 69.3 cm³/mol. The summed E-state index contributed by atoms with van der Waals surface area (Å²) in [6.07, 6.45) is 4.30. The second-order valence-electron chi connectivity index (χ2n) is 2.88. The third kappa shape index (κ3) is 3.69. The maximum atomic E-state index is 11.2. The molecule has 0 saturated carbocycles. The highest BCUT2D eigenvalue weighted by atomic mass is 16.1. The molecule has 3 nitrogen and oxygen atoms in total. The molecule has 0 spiro atoms. The van der Waals surface area contributed by atoms with Crippen molar-refractivity contribution in [2.75, 3.05) is 0 Å². The lowest BCUT2D eigenvalue weighted by Gasteiger charge is -2.02. The predicted octanol–water partition coefficient (Wildman–Crippen LogP) is 2.72. The van der Waals surface area contributed by atoms with Gasteiger partial charge in [0.15, 0.2) is 0 Å².